The Bertz CT molecular complexity index is 341. The van der Waals surface area contributed by atoms with Crippen molar-refractivity contribution in [3.05, 3.63) is 26.7 Å². The van der Waals surface area contributed by atoms with E-state index in [2.05, 4.69) is 0 Å². The van der Waals surface area contributed by atoms with Crippen LogP contribution >= 0.6 is 34.8 Å². The molecule has 1 aromatic rings. The second kappa shape index (κ2) is 4.07. The second-order valence-corrected chi connectivity index (χ2v) is 3.74. The van der Waals surface area contributed by atoms with E-state index in [4.69, 9.17) is 44.9 Å². The van der Waals surface area contributed by atoms with Crippen molar-refractivity contribution in [3.8, 4) is 0 Å². The van der Waals surface area contributed by atoms with Crippen LogP contribution in [0.25, 0.3) is 0 Å². The van der Waals surface area contributed by atoms with Gasteiger partial charge in [-0.3, -0.25) is 0 Å². The second-order valence-electron chi connectivity index (χ2n) is 2.57. The Labute approximate surface area is 91.2 Å². The summed E-state index contributed by atoms with van der Waals surface area (Å²) in [5.41, 5.74) is 0.783. The SMILES string of the molecule is Cc1c(B(O)O)cc(Cl)c(Cl)c1Cl. The highest BCUT2D eigenvalue weighted by Gasteiger charge is 2.19. The molecule has 70 valence electrons. The molecule has 0 aliphatic carbocycles. The molecular weight excluding hydrogens is 233 g/mol. The van der Waals surface area contributed by atoms with Gasteiger partial charge in [-0.1, -0.05) is 34.8 Å². The third-order valence-electron chi connectivity index (χ3n) is 1.73. The van der Waals surface area contributed by atoms with Gasteiger partial charge in [-0.2, -0.15) is 0 Å². The van der Waals surface area contributed by atoms with Crippen LogP contribution in [0.2, 0.25) is 15.1 Å². The number of benzene rings is 1. The van der Waals surface area contributed by atoms with Crippen LogP contribution in [0.1, 0.15) is 5.56 Å². The molecule has 0 unspecified atom stereocenters. The van der Waals surface area contributed by atoms with E-state index < -0.39 is 7.12 Å². The van der Waals surface area contributed by atoms with Crippen molar-refractivity contribution >= 4 is 47.4 Å². The maximum Gasteiger partial charge on any atom is 0.488 e. The monoisotopic (exact) mass is 238 g/mol. The predicted molar refractivity (Wildman–Crippen MR) is 56.0 cm³/mol. The summed E-state index contributed by atoms with van der Waals surface area (Å²) in [4.78, 5) is 0. The minimum Gasteiger partial charge on any atom is -0.423 e. The number of rotatable bonds is 1. The average Bonchev–Trinajstić information content (AvgIpc) is 2.07. The standard InChI is InChI=1S/C7H6BCl3O2/c1-3-4(8(12)13)2-5(9)7(11)6(3)10/h2,12-13H,1H3. The zero-order valence-electron chi connectivity index (χ0n) is 6.68. The van der Waals surface area contributed by atoms with E-state index in [9.17, 15) is 0 Å². The van der Waals surface area contributed by atoms with Gasteiger partial charge in [0.2, 0.25) is 0 Å². The average molecular weight is 239 g/mol. The van der Waals surface area contributed by atoms with Gasteiger partial charge in [0, 0.05) is 0 Å². The van der Waals surface area contributed by atoms with E-state index in [1.807, 2.05) is 0 Å². The molecule has 0 atom stereocenters. The molecule has 0 saturated carbocycles. The van der Waals surface area contributed by atoms with Crippen LogP contribution in [-0.2, 0) is 0 Å². The Balaban J connectivity index is 3.41. The molecule has 0 aliphatic heterocycles. The molecule has 2 N–H and O–H groups in total. The number of hydrogen-bond acceptors (Lipinski definition) is 2. The molecule has 6 heteroatoms. The normalized spacial score (nSPS) is 10.3. The van der Waals surface area contributed by atoms with Crippen LogP contribution in [-0.4, -0.2) is 17.2 Å². The van der Waals surface area contributed by atoms with Crippen LogP contribution in [0.5, 0.6) is 0 Å². The fraction of sp³-hybridized carbons (Fsp3) is 0.143. The van der Waals surface area contributed by atoms with Gasteiger partial charge < -0.3 is 10.0 Å². The Hall–Kier alpha value is 0.0749. The molecule has 0 heterocycles. The van der Waals surface area contributed by atoms with E-state index in [-0.39, 0.29) is 20.5 Å². The van der Waals surface area contributed by atoms with Crippen molar-refractivity contribution in [2.45, 2.75) is 6.92 Å². The summed E-state index contributed by atoms with van der Waals surface area (Å²) in [6, 6.07) is 1.38. The lowest BCUT2D eigenvalue weighted by Crippen LogP contribution is -2.32. The predicted octanol–water partition coefficient (Wildman–Crippen LogP) is 1.64. The molecule has 0 saturated heterocycles. The molecule has 13 heavy (non-hydrogen) atoms. The van der Waals surface area contributed by atoms with Crippen molar-refractivity contribution in [3.63, 3.8) is 0 Å². The van der Waals surface area contributed by atoms with E-state index in [1.54, 1.807) is 6.92 Å². The Morgan fingerprint density at radius 3 is 2.15 bits per heavy atom. The quantitative estimate of drug-likeness (QED) is 0.577. The van der Waals surface area contributed by atoms with Crippen LogP contribution in [0, 0.1) is 6.92 Å². The van der Waals surface area contributed by atoms with Gasteiger partial charge in [0.15, 0.2) is 0 Å². The highest BCUT2D eigenvalue weighted by Crippen LogP contribution is 2.31. The maximum absolute atomic E-state index is 8.94. The van der Waals surface area contributed by atoms with Crippen molar-refractivity contribution in [1.29, 1.82) is 0 Å². The van der Waals surface area contributed by atoms with Gasteiger partial charge in [0.1, 0.15) is 0 Å². The molecule has 0 aliphatic rings. The Morgan fingerprint density at radius 2 is 1.69 bits per heavy atom. The highest BCUT2D eigenvalue weighted by molar-refractivity contribution is 6.61. The Kier molecular flexibility index (Phi) is 3.49. The first-order valence-electron chi connectivity index (χ1n) is 3.45. The van der Waals surface area contributed by atoms with Crippen molar-refractivity contribution in [1.82, 2.24) is 0 Å². The lowest BCUT2D eigenvalue weighted by atomic mass is 9.77. The first-order valence-corrected chi connectivity index (χ1v) is 4.58. The topological polar surface area (TPSA) is 40.5 Å². The molecule has 2 nitrogen and oxygen atoms in total. The molecule has 0 bridgehead atoms. The fourth-order valence-electron chi connectivity index (χ4n) is 0.973. The molecule has 0 spiro atoms. The van der Waals surface area contributed by atoms with Gasteiger partial charge in [-0.05, 0) is 24.0 Å². The summed E-state index contributed by atoms with van der Waals surface area (Å²) < 4.78 is 0. The molecule has 0 radical (unpaired) electrons. The molecule has 0 fully saturated rings. The smallest absolute Gasteiger partial charge is 0.423 e. The van der Waals surface area contributed by atoms with Crippen molar-refractivity contribution in [2.24, 2.45) is 0 Å². The number of hydrogen-bond donors (Lipinski definition) is 2. The zero-order valence-corrected chi connectivity index (χ0v) is 8.95. The Morgan fingerprint density at radius 1 is 1.15 bits per heavy atom. The lowest BCUT2D eigenvalue weighted by Gasteiger charge is -2.09. The third kappa shape index (κ3) is 2.11. The van der Waals surface area contributed by atoms with Gasteiger partial charge in [-0.15, -0.1) is 0 Å². The van der Waals surface area contributed by atoms with Crippen LogP contribution < -0.4 is 5.46 Å². The molecule has 1 rings (SSSR count). The zero-order chi connectivity index (χ0) is 10.2. The number of halogens is 3. The first kappa shape index (κ1) is 11.2. The minimum absolute atomic E-state index is 0.209. The van der Waals surface area contributed by atoms with Gasteiger partial charge in [0.25, 0.3) is 0 Å². The summed E-state index contributed by atoms with van der Waals surface area (Å²) in [5.74, 6) is 0. The van der Waals surface area contributed by atoms with Crippen molar-refractivity contribution in [2.75, 3.05) is 0 Å². The summed E-state index contributed by atoms with van der Waals surface area (Å²) in [6.07, 6.45) is 0. The van der Waals surface area contributed by atoms with Gasteiger partial charge in [-0.25, -0.2) is 0 Å². The van der Waals surface area contributed by atoms with E-state index >= 15 is 0 Å². The van der Waals surface area contributed by atoms with Crippen LogP contribution in [0.3, 0.4) is 0 Å². The summed E-state index contributed by atoms with van der Waals surface area (Å²) >= 11 is 17.2. The van der Waals surface area contributed by atoms with Gasteiger partial charge in [0.05, 0.1) is 15.1 Å². The molecule has 0 aromatic heterocycles. The maximum atomic E-state index is 8.94. The molecule has 1 aromatic carbocycles. The molecular formula is C7H6BCl3O2. The van der Waals surface area contributed by atoms with Crippen molar-refractivity contribution < 1.29 is 10.0 Å². The third-order valence-corrected chi connectivity index (χ3v) is 3.08. The molecule has 0 amide bonds. The summed E-state index contributed by atoms with van der Waals surface area (Å²) in [6.45, 7) is 1.64. The van der Waals surface area contributed by atoms with E-state index in [0.717, 1.165) is 0 Å². The minimum atomic E-state index is -1.59. The fourth-order valence-corrected chi connectivity index (χ4v) is 1.64. The highest BCUT2D eigenvalue weighted by atomic mass is 35.5. The summed E-state index contributed by atoms with van der Waals surface area (Å²) in [5, 5.41) is 18.6. The largest absolute Gasteiger partial charge is 0.488 e. The van der Waals surface area contributed by atoms with E-state index in [0.29, 0.717) is 5.56 Å². The van der Waals surface area contributed by atoms with E-state index in [1.165, 1.54) is 6.07 Å². The summed E-state index contributed by atoms with van der Waals surface area (Å²) in [7, 11) is -1.59. The first-order chi connectivity index (χ1) is 5.95. The van der Waals surface area contributed by atoms with Crippen LogP contribution in [0.4, 0.5) is 0 Å². The van der Waals surface area contributed by atoms with Crippen LogP contribution in [0.15, 0.2) is 6.07 Å². The lowest BCUT2D eigenvalue weighted by molar-refractivity contribution is 0.425. The van der Waals surface area contributed by atoms with Gasteiger partial charge >= 0.3 is 7.12 Å².